The molecule has 1 fully saturated rings. The van der Waals surface area contributed by atoms with Crippen LogP contribution in [-0.2, 0) is 0 Å². The number of nitrogens with one attached hydrogen (secondary N) is 1. The highest BCUT2D eigenvalue weighted by atomic mass is 16.5. The molecule has 0 unspecified atom stereocenters. The third kappa shape index (κ3) is 3.84. The molecule has 1 N–H and O–H groups in total. The molecule has 0 amide bonds. The second-order valence-electron chi connectivity index (χ2n) is 8.31. The SMILES string of the molecule is CCOc1ccc(/C=N\N2CC[NH+](C3c4ccccc4-c4ccccc43)CC2)cc1OC. The second kappa shape index (κ2) is 9.05. The van der Waals surface area contributed by atoms with Crippen molar-refractivity contribution in [3.63, 3.8) is 0 Å². The summed E-state index contributed by atoms with van der Waals surface area (Å²) in [4.78, 5) is 1.62. The van der Waals surface area contributed by atoms with Crippen molar-refractivity contribution in [1.29, 1.82) is 0 Å². The molecule has 5 nitrogen and oxygen atoms in total. The Balaban J connectivity index is 1.27. The predicted molar refractivity (Wildman–Crippen MR) is 128 cm³/mol. The number of piperazine rings is 1. The number of ether oxygens (including phenoxy) is 2. The molecule has 0 atom stereocenters. The van der Waals surface area contributed by atoms with Gasteiger partial charge in [0.1, 0.15) is 6.04 Å². The first-order valence-corrected chi connectivity index (χ1v) is 11.4. The minimum absolute atomic E-state index is 0.420. The lowest BCUT2D eigenvalue weighted by molar-refractivity contribution is -0.929. The quantitative estimate of drug-likeness (QED) is 0.612. The highest BCUT2D eigenvalue weighted by Gasteiger charge is 2.37. The first-order chi connectivity index (χ1) is 15.8. The zero-order chi connectivity index (χ0) is 21.9. The average Bonchev–Trinajstić information content (AvgIpc) is 3.18. The van der Waals surface area contributed by atoms with Gasteiger partial charge in [-0.2, -0.15) is 5.10 Å². The monoisotopic (exact) mass is 428 g/mol. The highest BCUT2D eigenvalue weighted by molar-refractivity contribution is 5.80. The normalized spacial score (nSPS) is 16.2. The van der Waals surface area contributed by atoms with Crippen LogP contribution in [0.25, 0.3) is 11.1 Å². The van der Waals surface area contributed by atoms with E-state index in [1.54, 1.807) is 12.0 Å². The summed E-state index contributed by atoms with van der Waals surface area (Å²) >= 11 is 0. The van der Waals surface area contributed by atoms with Crippen LogP contribution in [0.4, 0.5) is 0 Å². The molecule has 0 saturated carbocycles. The molecule has 32 heavy (non-hydrogen) atoms. The van der Waals surface area contributed by atoms with Gasteiger partial charge in [0.15, 0.2) is 11.5 Å². The molecule has 164 valence electrons. The number of hydrogen-bond acceptors (Lipinski definition) is 4. The van der Waals surface area contributed by atoms with Gasteiger partial charge < -0.3 is 14.4 Å². The smallest absolute Gasteiger partial charge is 0.161 e. The van der Waals surface area contributed by atoms with Crippen LogP contribution in [0.1, 0.15) is 29.7 Å². The summed E-state index contributed by atoms with van der Waals surface area (Å²) in [5.41, 5.74) is 6.72. The van der Waals surface area contributed by atoms with Gasteiger partial charge in [-0.1, -0.05) is 48.5 Å². The predicted octanol–water partition coefficient (Wildman–Crippen LogP) is 3.40. The van der Waals surface area contributed by atoms with Crippen LogP contribution in [-0.4, -0.2) is 51.1 Å². The molecule has 5 rings (SSSR count). The van der Waals surface area contributed by atoms with Gasteiger partial charge in [0.25, 0.3) is 0 Å². The Labute approximate surface area is 189 Å². The first kappa shape index (κ1) is 20.6. The zero-order valence-corrected chi connectivity index (χ0v) is 18.8. The van der Waals surface area contributed by atoms with E-state index in [1.807, 2.05) is 31.3 Å². The Kier molecular flexibility index (Phi) is 5.82. The molecular formula is C27H30N3O2+. The summed E-state index contributed by atoms with van der Waals surface area (Å²) in [6.07, 6.45) is 1.92. The summed E-state index contributed by atoms with van der Waals surface area (Å²) in [6, 6.07) is 24.1. The van der Waals surface area contributed by atoms with Crippen LogP contribution < -0.4 is 14.4 Å². The summed E-state index contributed by atoms with van der Waals surface area (Å²) in [6.45, 7) is 6.61. The van der Waals surface area contributed by atoms with Crippen LogP contribution in [0.2, 0.25) is 0 Å². The van der Waals surface area contributed by atoms with Gasteiger partial charge in [-0.05, 0) is 41.8 Å². The van der Waals surface area contributed by atoms with Gasteiger partial charge in [-0.3, -0.25) is 5.01 Å². The summed E-state index contributed by atoms with van der Waals surface area (Å²) in [5.74, 6) is 1.50. The molecule has 1 aliphatic carbocycles. The lowest BCUT2D eigenvalue weighted by Gasteiger charge is -2.34. The van der Waals surface area contributed by atoms with Crippen LogP contribution in [0.15, 0.2) is 71.8 Å². The number of quaternary nitrogens is 1. The van der Waals surface area contributed by atoms with Crippen molar-refractivity contribution in [1.82, 2.24) is 5.01 Å². The maximum Gasteiger partial charge on any atom is 0.161 e. The summed E-state index contributed by atoms with van der Waals surface area (Å²) in [5, 5.41) is 6.93. The molecule has 2 aliphatic rings. The van der Waals surface area contributed by atoms with E-state index in [0.717, 1.165) is 43.2 Å². The highest BCUT2D eigenvalue weighted by Crippen LogP contribution is 2.41. The van der Waals surface area contributed by atoms with E-state index in [2.05, 4.69) is 53.5 Å². The van der Waals surface area contributed by atoms with Gasteiger partial charge in [0.05, 0.1) is 46.1 Å². The number of fused-ring (bicyclic) bond motifs is 3. The lowest BCUT2D eigenvalue weighted by atomic mass is 10.0. The molecule has 1 saturated heterocycles. The summed E-state index contributed by atoms with van der Waals surface area (Å²) in [7, 11) is 1.67. The van der Waals surface area contributed by atoms with Gasteiger partial charge in [0.2, 0.25) is 0 Å². The standard InChI is InChI=1S/C27H29N3O2/c1-3-32-25-13-12-20(18-26(25)31-2)19-28-30-16-14-29(15-17-30)27-23-10-6-4-8-21(23)22-9-5-7-11-24(22)27/h4-13,18-19,27H,3,14-17H2,1-2H3/p+1/b28-19-. The van der Waals surface area contributed by atoms with Gasteiger partial charge >= 0.3 is 0 Å². The minimum atomic E-state index is 0.420. The van der Waals surface area contributed by atoms with E-state index in [-0.39, 0.29) is 0 Å². The molecule has 0 aromatic heterocycles. The fraction of sp³-hybridized carbons (Fsp3) is 0.296. The number of rotatable bonds is 6. The van der Waals surface area contributed by atoms with Crippen molar-refractivity contribution in [3.05, 3.63) is 83.4 Å². The fourth-order valence-electron chi connectivity index (χ4n) is 4.97. The molecular weight excluding hydrogens is 398 g/mol. The fourth-order valence-corrected chi connectivity index (χ4v) is 4.97. The Morgan fingerprint density at radius 3 is 2.22 bits per heavy atom. The van der Waals surface area contributed by atoms with E-state index >= 15 is 0 Å². The Hall–Kier alpha value is -3.31. The Morgan fingerprint density at radius 1 is 0.938 bits per heavy atom. The van der Waals surface area contributed by atoms with Crippen molar-refractivity contribution in [3.8, 4) is 22.6 Å². The molecule has 0 spiro atoms. The van der Waals surface area contributed by atoms with E-state index in [1.165, 1.54) is 22.3 Å². The second-order valence-corrected chi connectivity index (χ2v) is 8.31. The molecule has 3 aromatic rings. The number of hydrogen-bond donors (Lipinski definition) is 1. The molecule has 0 radical (unpaired) electrons. The van der Waals surface area contributed by atoms with Crippen LogP contribution in [0.3, 0.4) is 0 Å². The molecule has 1 heterocycles. The van der Waals surface area contributed by atoms with Crippen LogP contribution in [0, 0.1) is 0 Å². The summed E-state index contributed by atoms with van der Waals surface area (Å²) < 4.78 is 11.1. The maximum absolute atomic E-state index is 5.61. The zero-order valence-electron chi connectivity index (χ0n) is 18.8. The van der Waals surface area contributed by atoms with Crippen LogP contribution >= 0.6 is 0 Å². The lowest BCUT2D eigenvalue weighted by Crippen LogP contribution is -3.14. The van der Waals surface area contributed by atoms with Crippen molar-refractivity contribution in [2.45, 2.75) is 13.0 Å². The average molecular weight is 429 g/mol. The molecule has 5 heteroatoms. The number of nitrogens with zero attached hydrogens (tertiary/aromatic N) is 2. The van der Waals surface area contributed by atoms with Crippen molar-refractivity contribution in [2.75, 3.05) is 39.9 Å². The number of methoxy groups -OCH3 is 1. The van der Waals surface area contributed by atoms with Gasteiger partial charge in [0, 0.05) is 11.1 Å². The first-order valence-electron chi connectivity index (χ1n) is 11.4. The molecule has 1 aliphatic heterocycles. The molecule has 0 bridgehead atoms. The third-order valence-electron chi connectivity index (χ3n) is 6.48. The largest absolute Gasteiger partial charge is 0.493 e. The Morgan fingerprint density at radius 2 is 1.59 bits per heavy atom. The Bertz CT molecular complexity index is 1070. The van der Waals surface area contributed by atoms with E-state index in [4.69, 9.17) is 14.6 Å². The van der Waals surface area contributed by atoms with Crippen molar-refractivity contribution >= 4 is 6.21 Å². The van der Waals surface area contributed by atoms with E-state index in [9.17, 15) is 0 Å². The molecule has 3 aromatic carbocycles. The van der Waals surface area contributed by atoms with Crippen LogP contribution in [0.5, 0.6) is 11.5 Å². The third-order valence-corrected chi connectivity index (χ3v) is 6.48. The van der Waals surface area contributed by atoms with Crippen molar-refractivity contribution < 1.29 is 14.4 Å². The topological polar surface area (TPSA) is 38.5 Å². The minimum Gasteiger partial charge on any atom is -0.493 e. The van der Waals surface area contributed by atoms with Gasteiger partial charge in [-0.25, -0.2) is 0 Å². The van der Waals surface area contributed by atoms with Gasteiger partial charge in [-0.15, -0.1) is 0 Å². The van der Waals surface area contributed by atoms with E-state index < -0.39 is 0 Å². The number of hydrazone groups is 1. The number of benzene rings is 3. The maximum atomic E-state index is 5.61. The van der Waals surface area contributed by atoms with E-state index in [0.29, 0.717) is 12.6 Å². The van der Waals surface area contributed by atoms with Crippen molar-refractivity contribution in [2.24, 2.45) is 5.10 Å².